The van der Waals surface area contributed by atoms with Crippen LogP contribution in [0.4, 0.5) is 4.79 Å². The molecule has 1 aromatic heterocycles. The van der Waals surface area contributed by atoms with Gasteiger partial charge in [0.15, 0.2) is 0 Å². The molecule has 116 valence electrons. The second kappa shape index (κ2) is 7.61. The summed E-state index contributed by atoms with van der Waals surface area (Å²) >= 11 is 0. The number of nitrogens with zero attached hydrogens (tertiary/aromatic N) is 2. The fourth-order valence-corrected chi connectivity index (χ4v) is 1.81. The lowest BCUT2D eigenvalue weighted by Crippen LogP contribution is -2.49. The van der Waals surface area contributed by atoms with E-state index in [1.165, 1.54) is 0 Å². The molecule has 21 heavy (non-hydrogen) atoms. The number of nitrogens with one attached hydrogen (secondary N) is 1. The monoisotopic (exact) mass is 293 g/mol. The highest BCUT2D eigenvalue weighted by Gasteiger charge is 2.23. The zero-order valence-corrected chi connectivity index (χ0v) is 12.8. The van der Waals surface area contributed by atoms with Crippen molar-refractivity contribution in [2.24, 2.45) is 0 Å². The highest BCUT2D eigenvalue weighted by molar-refractivity contribution is 5.75. The molecule has 0 saturated heterocycles. The Morgan fingerprint density at radius 2 is 1.95 bits per heavy atom. The molecule has 2 amide bonds. The van der Waals surface area contributed by atoms with Crippen molar-refractivity contribution in [1.82, 2.24) is 15.2 Å². The molecule has 0 bridgehead atoms. The van der Waals surface area contributed by atoms with Crippen molar-refractivity contribution < 1.29 is 14.7 Å². The third kappa shape index (κ3) is 6.74. The first-order chi connectivity index (χ1) is 9.80. The molecule has 0 aromatic carbocycles. The molecule has 1 rings (SSSR count). The second-order valence-electron chi connectivity index (χ2n) is 5.73. The standard InChI is InChI=1S/C15H23N3O3/c1-15(2,8-4-13(19)20)17-14(21)18(3)11-7-12-5-9-16-10-6-12/h5-6,9-10H,4,7-8,11H2,1-3H3,(H,17,21)(H,19,20). The topological polar surface area (TPSA) is 82.5 Å². The van der Waals surface area contributed by atoms with Crippen molar-refractivity contribution in [1.29, 1.82) is 0 Å². The number of pyridine rings is 1. The van der Waals surface area contributed by atoms with Crippen LogP contribution < -0.4 is 5.32 Å². The zero-order valence-electron chi connectivity index (χ0n) is 12.8. The first kappa shape index (κ1) is 16.9. The molecule has 0 saturated carbocycles. The lowest BCUT2D eigenvalue weighted by molar-refractivity contribution is -0.137. The van der Waals surface area contributed by atoms with Crippen LogP contribution in [0, 0.1) is 0 Å². The van der Waals surface area contributed by atoms with Crippen molar-refractivity contribution in [3.8, 4) is 0 Å². The third-order valence-electron chi connectivity index (χ3n) is 3.24. The number of likely N-dealkylation sites (N-methyl/N-ethyl adjacent to an activating group) is 1. The van der Waals surface area contributed by atoms with Crippen molar-refractivity contribution in [2.75, 3.05) is 13.6 Å². The predicted octanol–water partition coefficient (Wildman–Crippen LogP) is 1.91. The first-order valence-corrected chi connectivity index (χ1v) is 6.94. The molecule has 0 aliphatic carbocycles. The van der Waals surface area contributed by atoms with E-state index in [0.29, 0.717) is 13.0 Å². The average molecular weight is 293 g/mol. The quantitative estimate of drug-likeness (QED) is 0.804. The largest absolute Gasteiger partial charge is 0.481 e. The van der Waals surface area contributed by atoms with Crippen LogP contribution >= 0.6 is 0 Å². The summed E-state index contributed by atoms with van der Waals surface area (Å²) in [6.45, 7) is 4.24. The van der Waals surface area contributed by atoms with Crippen molar-refractivity contribution in [3.63, 3.8) is 0 Å². The van der Waals surface area contributed by atoms with E-state index in [9.17, 15) is 9.59 Å². The van der Waals surface area contributed by atoms with Gasteiger partial charge in [-0.3, -0.25) is 9.78 Å². The smallest absolute Gasteiger partial charge is 0.317 e. The average Bonchev–Trinajstić information content (AvgIpc) is 2.43. The summed E-state index contributed by atoms with van der Waals surface area (Å²) in [7, 11) is 1.73. The van der Waals surface area contributed by atoms with Gasteiger partial charge in [0.1, 0.15) is 0 Å². The highest BCUT2D eigenvalue weighted by atomic mass is 16.4. The summed E-state index contributed by atoms with van der Waals surface area (Å²) in [4.78, 5) is 28.2. The minimum Gasteiger partial charge on any atom is -0.481 e. The summed E-state index contributed by atoms with van der Waals surface area (Å²) in [6, 6.07) is 3.64. The Kier molecular flexibility index (Phi) is 6.14. The maximum Gasteiger partial charge on any atom is 0.317 e. The molecule has 0 fully saturated rings. The minimum atomic E-state index is -0.858. The molecule has 6 heteroatoms. The fraction of sp³-hybridized carbons (Fsp3) is 0.533. The summed E-state index contributed by atoms with van der Waals surface area (Å²) in [5.74, 6) is -0.858. The van der Waals surface area contributed by atoms with Gasteiger partial charge < -0.3 is 15.3 Å². The Morgan fingerprint density at radius 3 is 2.52 bits per heavy atom. The molecular formula is C15H23N3O3. The van der Waals surface area contributed by atoms with Gasteiger partial charge in [0.2, 0.25) is 0 Å². The zero-order chi connectivity index (χ0) is 15.9. The van der Waals surface area contributed by atoms with E-state index in [0.717, 1.165) is 12.0 Å². The molecule has 2 N–H and O–H groups in total. The molecule has 1 heterocycles. The Labute approximate surface area is 125 Å². The number of rotatable bonds is 7. The van der Waals surface area contributed by atoms with Gasteiger partial charge in [0.25, 0.3) is 0 Å². The number of urea groups is 1. The molecule has 0 unspecified atom stereocenters. The number of carbonyl (C=O) groups is 2. The fourth-order valence-electron chi connectivity index (χ4n) is 1.81. The van der Waals surface area contributed by atoms with Gasteiger partial charge in [-0.2, -0.15) is 0 Å². The second-order valence-corrected chi connectivity index (χ2v) is 5.73. The number of aromatic nitrogens is 1. The van der Waals surface area contributed by atoms with Crippen LogP contribution in [-0.4, -0.2) is 46.1 Å². The number of hydrogen-bond donors (Lipinski definition) is 2. The van der Waals surface area contributed by atoms with Crippen LogP contribution in [0.1, 0.15) is 32.3 Å². The highest BCUT2D eigenvalue weighted by Crippen LogP contribution is 2.11. The Bertz CT molecular complexity index is 474. The van der Waals surface area contributed by atoms with Crippen LogP contribution in [0.25, 0.3) is 0 Å². The van der Waals surface area contributed by atoms with Gasteiger partial charge in [0, 0.05) is 37.9 Å². The SMILES string of the molecule is CN(CCc1ccncc1)C(=O)NC(C)(C)CCC(=O)O. The van der Waals surface area contributed by atoms with Gasteiger partial charge >= 0.3 is 12.0 Å². The van der Waals surface area contributed by atoms with Gasteiger partial charge in [-0.05, 0) is 44.4 Å². The third-order valence-corrected chi connectivity index (χ3v) is 3.24. The Balaban J connectivity index is 2.41. The Hall–Kier alpha value is -2.11. The lowest BCUT2D eigenvalue weighted by atomic mass is 9.99. The van der Waals surface area contributed by atoms with Crippen molar-refractivity contribution >= 4 is 12.0 Å². The van der Waals surface area contributed by atoms with E-state index in [1.807, 2.05) is 26.0 Å². The normalized spacial score (nSPS) is 11.0. The summed E-state index contributed by atoms with van der Waals surface area (Å²) in [6.07, 6.45) is 4.64. The van der Waals surface area contributed by atoms with Crippen LogP contribution in [-0.2, 0) is 11.2 Å². The number of hydrogen-bond acceptors (Lipinski definition) is 3. The van der Waals surface area contributed by atoms with E-state index in [-0.39, 0.29) is 12.5 Å². The van der Waals surface area contributed by atoms with E-state index in [2.05, 4.69) is 10.3 Å². The number of carboxylic acids is 1. The van der Waals surface area contributed by atoms with Crippen LogP contribution in [0.15, 0.2) is 24.5 Å². The molecule has 0 aliphatic heterocycles. The summed E-state index contributed by atoms with van der Waals surface area (Å²) in [5.41, 5.74) is 0.579. The molecule has 0 spiro atoms. The molecule has 1 aromatic rings. The lowest BCUT2D eigenvalue weighted by Gasteiger charge is -2.29. The molecule has 6 nitrogen and oxygen atoms in total. The number of carboxylic acid groups (broad SMARTS) is 1. The first-order valence-electron chi connectivity index (χ1n) is 6.94. The Morgan fingerprint density at radius 1 is 1.33 bits per heavy atom. The van der Waals surface area contributed by atoms with E-state index in [4.69, 9.17) is 5.11 Å². The van der Waals surface area contributed by atoms with Crippen LogP contribution in [0.3, 0.4) is 0 Å². The van der Waals surface area contributed by atoms with Crippen molar-refractivity contribution in [3.05, 3.63) is 30.1 Å². The predicted molar refractivity (Wildman–Crippen MR) is 80.1 cm³/mol. The van der Waals surface area contributed by atoms with Crippen LogP contribution in [0.5, 0.6) is 0 Å². The molecule has 0 atom stereocenters. The summed E-state index contributed by atoms with van der Waals surface area (Å²) in [5, 5.41) is 11.6. The van der Waals surface area contributed by atoms with Gasteiger partial charge in [-0.15, -0.1) is 0 Å². The molecular weight excluding hydrogens is 270 g/mol. The summed E-state index contributed by atoms with van der Waals surface area (Å²) < 4.78 is 0. The van der Waals surface area contributed by atoms with Gasteiger partial charge in [0.05, 0.1) is 0 Å². The minimum absolute atomic E-state index is 0.0357. The van der Waals surface area contributed by atoms with Crippen LogP contribution in [0.2, 0.25) is 0 Å². The molecule has 0 radical (unpaired) electrons. The van der Waals surface area contributed by atoms with E-state index >= 15 is 0 Å². The van der Waals surface area contributed by atoms with Gasteiger partial charge in [-0.1, -0.05) is 0 Å². The maximum atomic E-state index is 12.1. The van der Waals surface area contributed by atoms with E-state index in [1.54, 1.807) is 24.3 Å². The van der Waals surface area contributed by atoms with Gasteiger partial charge in [-0.25, -0.2) is 4.79 Å². The maximum absolute atomic E-state index is 12.1. The number of amides is 2. The van der Waals surface area contributed by atoms with Crippen molar-refractivity contribution in [2.45, 2.75) is 38.6 Å². The number of aliphatic carboxylic acids is 1. The number of carbonyl (C=O) groups excluding carboxylic acids is 1. The van der Waals surface area contributed by atoms with E-state index < -0.39 is 11.5 Å². The molecule has 0 aliphatic rings.